The van der Waals surface area contributed by atoms with Crippen molar-refractivity contribution in [3.05, 3.63) is 276 Å². The lowest BCUT2D eigenvalue weighted by molar-refractivity contribution is -0.120. The molecule has 9 aromatic carbocycles. The van der Waals surface area contributed by atoms with Gasteiger partial charge in [-0.2, -0.15) is 35.9 Å². The van der Waals surface area contributed by atoms with Crippen molar-refractivity contribution >= 4 is 88.2 Å². The molecule has 0 saturated carbocycles. The van der Waals surface area contributed by atoms with Gasteiger partial charge in [0.15, 0.2) is 0 Å². The number of hydroxylamine groups is 2. The molecule has 0 bridgehead atoms. The summed E-state index contributed by atoms with van der Waals surface area (Å²) in [4.78, 5) is 113. The second-order valence-electron chi connectivity index (χ2n) is 36.2. The molecule has 3 aromatic heterocycles. The van der Waals surface area contributed by atoms with Crippen LogP contribution in [0.3, 0.4) is 0 Å². The summed E-state index contributed by atoms with van der Waals surface area (Å²) in [5, 5.41) is 49.8. The van der Waals surface area contributed by atoms with E-state index in [-0.39, 0.29) is 120 Å². The molecule has 6 aliphatic heterocycles. The number of benzene rings is 9. The van der Waals surface area contributed by atoms with Gasteiger partial charge in [0.2, 0.25) is 23.6 Å². The lowest BCUT2D eigenvalue weighted by atomic mass is 10.0. The molecule has 6 fully saturated rings. The first-order valence-electron chi connectivity index (χ1n) is 49.2. The summed E-state index contributed by atoms with van der Waals surface area (Å²) < 4.78 is 131. The molecule has 0 unspecified atom stereocenters. The Balaban J connectivity index is 0.000000148. The predicted molar refractivity (Wildman–Crippen MR) is 543 cm³/mol. The van der Waals surface area contributed by atoms with Crippen molar-refractivity contribution < 1.29 is 108 Å². The molecule has 9 amide bonds. The van der Waals surface area contributed by atoms with Crippen LogP contribution in [0.15, 0.2) is 213 Å². The fraction of sp³-hybridized carbons (Fsp3) is 0.355. The smallest absolute Gasteiger partial charge is 0.414 e. The average molecular weight is 2070 g/mol. The first kappa shape index (κ1) is 110. The number of nitrogens with one attached hydrogen (secondary N) is 6. The molecular weight excluding hydrogens is 1950 g/mol. The summed E-state index contributed by atoms with van der Waals surface area (Å²) >= 11 is 0. The zero-order valence-corrected chi connectivity index (χ0v) is 83.1. The Morgan fingerprint density at radius 2 is 0.720 bits per heavy atom. The van der Waals surface area contributed by atoms with Crippen LogP contribution in [0.25, 0.3) is 44.5 Å². The number of anilines is 6. The Kier molecular flexibility index (Phi) is 39.4. The summed E-state index contributed by atoms with van der Waals surface area (Å²) in [7, 11) is 0. The largest absolute Gasteiger partial charge is 0.442 e. The SMILES string of the molecule is CC(=O)NC[C@H]1CN(c2ccc(-c3ccc(CCCCCF)cc3)c(F)c2)C(=O)O1.CC(=O)NC[C@H]1CN(c2ccc(-c3ccc(CCCc4cn[nH]n4)cc3)c(F)c2)C(=O)O1.CC(=O)NC[C@H]1CN(c2ccc(-c3ccc(CN(O)CCCF)cc3)c(F)c2)C(=O)O1.CC(=O)NC[C@H]1CN(c2ccc(N3CCOCC3)c(F)c2)C(=O)O1.O=C1O[C@@H](Cn2ccnn2)CN1c1ccc(-c2ccc(CCCc3cn[nH]n3)cc2)c(F)c1. The van der Waals surface area contributed by atoms with Gasteiger partial charge in [-0.25, -0.2) is 50.6 Å². The molecule has 6 aliphatic rings. The number of halogens is 7. The Morgan fingerprint density at radius 3 is 1.03 bits per heavy atom. The van der Waals surface area contributed by atoms with Gasteiger partial charge >= 0.3 is 30.5 Å². The van der Waals surface area contributed by atoms with Gasteiger partial charge in [-0.1, -0.05) is 109 Å². The lowest BCUT2D eigenvalue weighted by Crippen LogP contribution is -2.36. The number of morpholine rings is 1. The highest BCUT2D eigenvalue weighted by Crippen LogP contribution is 2.37. The maximum atomic E-state index is 15.0. The Morgan fingerprint density at radius 1 is 0.393 bits per heavy atom. The Hall–Kier alpha value is -16.2. The zero-order chi connectivity index (χ0) is 106. The minimum absolute atomic E-state index is 0.189. The van der Waals surface area contributed by atoms with Crippen LogP contribution in [0.4, 0.5) is 88.8 Å². The molecule has 7 N–H and O–H groups in total. The highest BCUT2D eigenvalue weighted by molar-refractivity contribution is 5.94. The number of cyclic esters (lactones) is 5. The van der Waals surface area contributed by atoms with Crippen LogP contribution in [-0.4, -0.2) is 246 Å². The summed E-state index contributed by atoms with van der Waals surface area (Å²) in [5.74, 6) is -2.92. The topological polar surface area (TPSA) is 414 Å². The van der Waals surface area contributed by atoms with Crippen molar-refractivity contribution in [1.82, 2.24) is 72.1 Å². The number of hydrogen-bond donors (Lipinski definition) is 7. The molecular formula is C107H117F7N20O16. The lowest BCUT2D eigenvalue weighted by Gasteiger charge is -2.29. The van der Waals surface area contributed by atoms with Gasteiger partial charge in [-0.15, -0.1) is 5.10 Å². The molecule has 150 heavy (non-hydrogen) atoms. The van der Waals surface area contributed by atoms with Gasteiger partial charge < -0.3 is 59.8 Å². The molecule has 0 radical (unpaired) electrons. The normalized spacial score (nSPS) is 16.6. The number of hydrogen-bond acceptors (Lipinski definition) is 24. The van der Waals surface area contributed by atoms with E-state index in [0.29, 0.717) is 108 Å². The maximum absolute atomic E-state index is 15.0. The number of alkyl halides is 2. The first-order valence-corrected chi connectivity index (χ1v) is 49.2. The number of aromatic nitrogens is 9. The third kappa shape index (κ3) is 31.5. The van der Waals surface area contributed by atoms with E-state index in [2.05, 4.69) is 62.4 Å². The van der Waals surface area contributed by atoms with E-state index in [1.54, 1.807) is 114 Å². The monoisotopic (exact) mass is 2070 g/mol. The number of rotatable bonds is 38. The minimum Gasteiger partial charge on any atom is -0.442 e. The van der Waals surface area contributed by atoms with Crippen molar-refractivity contribution in [3.63, 3.8) is 0 Å². The summed E-state index contributed by atoms with van der Waals surface area (Å²) in [6.07, 6.45) is 10.6. The van der Waals surface area contributed by atoms with Crippen LogP contribution in [-0.2, 0) is 92.8 Å². The van der Waals surface area contributed by atoms with Crippen LogP contribution in [0.5, 0.6) is 0 Å². The second kappa shape index (κ2) is 54.0. The van der Waals surface area contributed by atoms with Crippen molar-refractivity contribution in [3.8, 4) is 44.5 Å². The first-order chi connectivity index (χ1) is 72.5. The van der Waals surface area contributed by atoms with Gasteiger partial charge in [-0.05, 0) is 200 Å². The number of H-pyrrole nitrogens is 2. The standard InChI is InChI=1S/C23H26F2N2O3.C23H22FN7O2.C23H24FN5O3.C22H25F2N3O4.C16H20FN3O4/c1-16(28)26-14-20-15-27(23(29)30-20)19-10-11-21(22(25)13-19)18-8-6-17(7-9-18)5-3-2-4-12-24;24-22-12-19(31-15-20(33-23(31)32)14-30-11-10-25-29-30)8-9-21(22)17-6-4-16(5-7-17)2-1-3-18-13-26-28-27-18;1-15(30)25-13-20-14-29(23(31)32-20)19-9-10-21(22(24)11-19)17-7-5-16(6-8-17)3-2-4-18-12-26-28-27-18;1-15(28)25-12-19-14-27(22(29)31-19)18-7-8-20(21(24)11-18)17-5-3-16(4-6-17)13-26(30)10-2-9-23;1-11(21)18-9-13-10-20(16(22)24-13)12-2-3-15(14(17)8-12)19-4-6-23-7-5-19/h6-11,13,20H,2-5,12,14-15H2,1H3,(H,26,28);4-13,20H,1-3,14-15H2,(H,26,27,28);5-12,20H,2-4,13-14H2,1H3,(H,25,30)(H,26,27,28);3-8,11,19,30H,2,9-10,12-14H2,1H3,(H,25,28);2-3,8,13H,4-7,9-10H2,1H3,(H,18,21)/t3*20-;19-;13-/m00000/s1. The van der Waals surface area contributed by atoms with Gasteiger partial charge in [0.1, 0.15) is 59.6 Å². The highest BCUT2D eigenvalue weighted by atomic mass is 19.2. The predicted octanol–water partition coefficient (Wildman–Crippen LogP) is 15.9. The van der Waals surface area contributed by atoms with Crippen LogP contribution in [0.2, 0.25) is 0 Å². The van der Waals surface area contributed by atoms with E-state index in [1.165, 1.54) is 93.7 Å². The summed E-state index contributed by atoms with van der Waals surface area (Å²) in [6, 6.07) is 53.7. The fourth-order valence-corrected chi connectivity index (χ4v) is 17.2. The number of carbonyl (C=O) groups is 9. The molecule has 43 heteroatoms. The number of nitrogens with zero attached hydrogens (tertiary/aromatic N) is 14. The van der Waals surface area contributed by atoms with Gasteiger partial charge in [-0.3, -0.25) is 52.5 Å². The molecule has 790 valence electrons. The molecule has 5 atom stereocenters. The molecule has 18 rings (SSSR count). The quantitative estimate of drug-likeness (QED) is 0.00818. The molecule has 12 aromatic rings. The molecule has 9 heterocycles. The van der Waals surface area contributed by atoms with E-state index >= 15 is 0 Å². The third-order valence-corrected chi connectivity index (χ3v) is 25.0. The van der Waals surface area contributed by atoms with Crippen LogP contribution >= 0.6 is 0 Å². The molecule has 6 saturated heterocycles. The number of amides is 9. The summed E-state index contributed by atoms with van der Waals surface area (Å²) in [6.45, 7) is 10.3. The Bertz CT molecular complexity index is 6530. The van der Waals surface area contributed by atoms with Crippen molar-refractivity contribution in [2.24, 2.45) is 0 Å². The van der Waals surface area contributed by atoms with Crippen LogP contribution in [0.1, 0.15) is 99.9 Å². The minimum atomic E-state index is -0.590. The van der Waals surface area contributed by atoms with E-state index in [0.717, 1.165) is 102 Å². The molecule has 36 nitrogen and oxygen atoms in total. The van der Waals surface area contributed by atoms with E-state index in [9.17, 15) is 79.1 Å². The number of ether oxygens (including phenoxy) is 6. The van der Waals surface area contributed by atoms with Gasteiger partial charge in [0.05, 0.1) is 156 Å². The van der Waals surface area contributed by atoms with E-state index < -0.39 is 79.0 Å². The van der Waals surface area contributed by atoms with Gasteiger partial charge in [0, 0.05) is 82.3 Å². The summed E-state index contributed by atoms with van der Waals surface area (Å²) in [5.41, 5.74) is 13.5. The Labute approximate surface area is 860 Å². The zero-order valence-electron chi connectivity index (χ0n) is 83.1. The molecule has 0 spiro atoms. The van der Waals surface area contributed by atoms with E-state index in [4.69, 9.17) is 28.4 Å². The highest BCUT2D eigenvalue weighted by Gasteiger charge is 2.39. The van der Waals surface area contributed by atoms with Crippen molar-refractivity contribution in [2.75, 3.05) is 134 Å². The van der Waals surface area contributed by atoms with Gasteiger partial charge in [0.25, 0.3) is 0 Å². The van der Waals surface area contributed by atoms with Crippen molar-refractivity contribution in [2.45, 2.75) is 142 Å². The van der Waals surface area contributed by atoms with Crippen molar-refractivity contribution in [1.29, 1.82) is 0 Å². The number of aryl methyl sites for hydroxylation is 5. The van der Waals surface area contributed by atoms with E-state index in [1.807, 2.05) is 77.7 Å². The maximum Gasteiger partial charge on any atom is 0.414 e. The third-order valence-electron chi connectivity index (χ3n) is 25.0. The average Bonchev–Trinajstić information content (AvgIpc) is 1.62. The number of aromatic amines is 2. The fourth-order valence-electron chi connectivity index (χ4n) is 17.2. The van der Waals surface area contributed by atoms with Crippen LogP contribution in [0, 0.1) is 29.1 Å². The number of unbranched alkanes of at least 4 members (excludes halogenated alkanes) is 2. The van der Waals surface area contributed by atoms with Crippen LogP contribution < -0.4 is 50.7 Å². The molecule has 0 aliphatic carbocycles. The second-order valence-corrected chi connectivity index (χ2v) is 36.2. The number of carbonyl (C=O) groups excluding carboxylic acids is 9.